The van der Waals surface area contributed by atoms with Gasteiger partial charge in [-0.2, -0.15) is 0 Å². The lowest BCUT2D eigenvalue weighted by Gasteiger charge is -2.38. The highest BCUT2D eigenvalue weighted by molar-refractivity contribution is 5.85. The SMILES string of the molecule is CC(C)(C)OC(=O)N1CCC(O)(C(=O)N[C@@H](CCC=O)c2cc(F)cc(F)c2)CC1. The highest BCUT2D eigenvalue weighted by Gasteiger charge is 2.42. The smallest absolute Gasteiger partial charge is 0.410 e. The van der Waals surface area contributed by atoms with Gasteiger partial charge in [-0.15, -0.1) is 0 Å². The molecular formula is C21H28F2N2O5. The van der Waals surface area contributed by atoms with Gasteiger partial charge in [0.05, 0.1) is 6.04 Å². The van der Waals surface area contributed by atoms with Gasteiger partial charge in [0.15, 0.2) is 0 Å². The first-order valence-corrected chi connectivity index (χ1v) is 9.84. The van der Waals surface area contributed by atoms with Crippen LogP contribution in [0, 0.1) is 11.6 Å². The van der Waals surface area contributed by atoms with Crippen LogP contribution in [0.2, 0.25) is 0 Å². The summed E-state index contributed by atoms with van der Waals surface area (Å²) < 4.78 is 32.5. The molecule has 1 atom stereocenters. The Morgan fingerprint density at radius 1 is 1.23 bits per heavy atom. The fourth-order valence-electron chi connectivity index (χ4n) is 3.24. The van der Waals surface area contributed by atoms with Gasteiger partial charge in [0, 0.05) is 38.4 Å². The van der Waals surface area contributed by atoms with Crippen molar-refractivity contribution in [3.63, 3.8) is 0 Å². The molecule has 0 aromatic heterocycles. The lowest BCUT2D eigenvalue weighted by atomic mass is 9.89. The Morgan fingerprint density at radius 3 is 2.30 bits per heavy atom. The molecule has 1 heterocycles. The first kappa shape index (κ1) is 23.7. The number of halogens is 2. The largest absolute Gasteiger partial charge is 0.444 e. The number of benzene rings is 1. The fourth-order valence-corrected chi connectivity index (χ4v) is 3.24. The summed E-state index contributed by atoms with van der Waals surface area (Å²) in [7, 11) is 0. The number of hydrogen-bond donors (Lipinski definition) is 2. The van der Waals surface area contributed by atoms with E-state index in [9.17, 15) is 28.3 Å². The number of aliphatic hydroxyl groups is 1. The summed E-state index contributed by atoms with van der Waals surface area (Å²) in [4.78, 5) is 37.1. The summed E-state index contributed by atoms with van der Waals surface area (Å²) >= 11 is 0. The third kappa shape index (κ3) is 6.48. The second-order valence-electron chi connectivity index (χ2n) is 8.47. The van der Waals surface area contributed by atoms with Crippen LogP contribution in [-0.4, -0.2) is 52.6 Å². The zero-order valence-corrected chi connectivity index (χ0v) is 17.4. The molecule has 166 valence electrons. The number of rotatable bonds is 6. The highest BCUT2D eigenvalue weighted by Crippen LogP contribution is 2.27. The number of likely N-dealkylation sites (tertiary alicyclic amines) is 1. The summed E-state index contributed by atoms with van der Waals surface area (Å²) in [5.41, 5.74) is -2.24. The molecule has 7 nitrogen and oxygen atoms in total. The molecule has 1 saturated heterocycles. The predicted molar refractivity (Wildman–Crippen MR) is 105 cm³/mol. The number of nitrogens with one attached hydrogen (secondary N) is 1. The molecule has 1 aliphatic rings. The van der Waals surface area contributed by atoms with Crippen molar-refractivity contribution in [1.82, 2.24) is 10.2 Å². The van der Waals surface area contributed by atoms with E-state index in [1.165, 1.54) is 4.90 Å². The van der Waals surface area contributed by atoms with Crippen molar-refractivity contribution in [2.45, 2.75) is 63.7 Å². The minimum absolute atomic E-state index is 0.0179. The Balaban J connectivity index is 2.06. The average molecular weight is 426 g/mol. The van der Waals surface area contributed by atoms with E-state index in [0.29, 0.717) is 12.4 Å². The number of aldehydes is 1. The van der Waals surface area contributed by atoms with Crippen LogP contribution < -0.4 is 5.32 Å². The molecule has 30 heavy (non-hydrogen) atoms. The molecule has 9 heteroatoms. The molecule has 0 unspecified atom stereocenters. The quantitative estimate of drug-likeness (QED) is 0.682. The van der Waals surface area contributed by atoms with Gasteiger partial charge in [-0.3, -0.25) is 4.79 Å². The molecule has 0 bridgehead atoms. The van der Waals surface area contributed by atoms with Gasteiger partial charge in [-0.1, -0.05) is 0 Å². The summed E-state index contributed by atoms with van der Waals surface area (Å²) in [6.45, 7) is 5.47. The van der Waals surface area contributed by atoms with Crippen LogP contribution in [0.4, 0.5) is 13.6 Å². The van der Waals surface area contributed by atoms with E-state index in [-0.39, 0.29) is 44.3 Å². The van der Waals surface area contributed by atoms with E-state index in [1.54, 1.807) is 20.8 Å². The third-order valence-electron chi connectivity index (χ3n) is 4.83. The maximum atomic E-state index is 13.6. The van der Waals surface area contributed by atoms with Crippen molar-refractivity contribution in [2.75, 3.05) is 13.1 Å². The van der Waals surface area contributed by atoms with Gasteiger partial charge >= 0.3 is 6.09 Å². The fraction of sp³-hybridized carbons (Fsp3) is 0.571. The van der Waals surface area contributed by atoms with E-state index in [2.05, 4.69) is 5.32 Å². The highest BCUT2D eigenvalue weighted by atomic mass is 19.1. The Morgan fingerprint density at radius 2 is 1.80 bits per heavy atom. The second-order valence-corrected chi connectivity index (χ2v) is 8.47. The zero-order chi connectivity index (χ0) is 22.5. The third-order valence-corrected chi connectivity index (χ3v) is 4.83. The molecule has 2 amide bonds. The Bertz CT molecular complexity index is 766. The van der Waals surface area contributed by atoms with Gasteiger partial charge in [0.1, 0.15) is 29.1 Å². The molecule has 0 radical (unpaired) electrons. The van der Waals surface area contributed by atoms with Crippen LogP contribution in [0.25, 0.3) is 0 Å². The van der Waals surface area contributed by atoms with Gasteiger partial charge in [-0.25, -0.2) is 13.6 Å². The zero-order valence-electron chi connectivity index (χ0n) is 17.4. The van der Waals surface area contributed by atoms with E-state index in [0.717, 1.165) is 12.1 Å². The minimum atomic E-state index is -1.75. The molecule has 0 aliphatic carbocycles. The average Bonchev–Trinajstić information content (AvgIpc) is 2.63. The Hall–Kier alpha value is -2.55. The summed E-state index contributed by atoms with van der Waals surface area (Å²) in [6.07, 6.45) is 0.269. The number of amides is 2. The van der Waals surface area contributed by atoms with Crippen LogP contribution in [0.3, 0.4) is 0 Å². The summed E-state index contributed by atoms with van der Waals surface area (Å²) in [5, 5.41) is 13.4. The molecule has 1 aromatic carbocycles. The van der Waals surface area contributed by atoms with E-state index in [4.69, 9.17) is 4.74 Å². The molecule has 0 spiro atoms. The van der Waals surface area contributed by atoms with E-state index in [1.807, 2.05) is 0 Å². The van der Waals surface area contributed by atoms with Crippen molar-refractivity contribution in [3.8, 4) is 0 Å². The van der Waals surface area contributed by atoms with Crippen molar-refractivity contribution >= 4 is 18.3 Å². The predicted octanol–water partition coefficient (Wildman–Crippen LogP) is 2.86. The lowest BCUT2D eigenvalue weighted by Crippen LogP contribution is -2.55. The van der Waals surface area contributed by atoms with Crippen molar-refractivity contribution < 1.29 is 33.0 Å². The molecule has 1 fully saturated rings. The number of piperidine rings is 1. The number of ether oxygens (including phenoxy) is 1. The van der Waals surface area contributed by atoms with Crippen molar-refractivity contribution in [1.29, 1.82) is 0 Å². The number of carbonyl (C=O) groups excluding carboxylic acids is 3. The maximum Gasteiger partial charge on any atom is 0.410 e. The Kier molecular flexibility index (Phi) is 7.52. The molecule has 1 aliphatic heterocycles. The Labute approximate surface area is 174 Å². The molecule has 1 aromatic rings. The van der Waals surface area contributed by atoms with Gasteiger partial charge in [-0.05, 0) is 44.9 Å². The maximum absolute atomic E-state index is 13.6. The van der Waals surface area contributed by atoms with Gasteiger partial charge in [0.2, 0.25) is 0 Å². The van der Waals surface area contributed by atoms with Crippen LogP contribution >= 0.6 is 0 Å². The molecule has 0 saturated carbocycles. The minimum Gasteiger partial charge on any atom is -0.444 e. The van der Waals surface area contributed by atoms with Crippen LogP contribution in [0.5, 0.6) is 0 Å². The lowest BCUT2D eigenvalue weighted by molar-refractivity contribution is -0.145. The first-order valence-electron chi connectivity index (χ1n) is 9.84. The number of hydrogen-bond acceptors (Lipinski definition) is 5. The standard InChI is InChI=1S/C21H28F2N2O5/c1-20(2,3)30-19(28)25-8-6-21(29,7-9-25)18(27)24-17(5-4-10-26)14-11-15(22)13-16(23)12-14/h10-13,17,29H,4-9H2,1-3H3,(H,24,27)/t17-/m0/s1. The molecule has 2 rings (SSSR count). The van der Waals surface area contributed by atoms with Crippen molar-refractivity contribution in [2.24, 2.45) is 0 Å². The monoisotopic (exact) mass is 426 g/mol. The number of carbonyl (C=O) groups is 3. The van der Waals surface area contributed by atoms with E-state index >= 15 is 0 Å². The van der Waals surface area contributed by atoms with E-state index < -0.39 is 40.9 Å². The normalized spacial score (nSPS) is 17.2. The van der Waals surface area contributed by atoms with Gasteiger partial charge < -0.3 is 24.9 Å². The second kappa shape index (κ2) is 9.51. The molecular weight excluding hydrogens is 398 g/mol. The summed E-state index contributed by atoms with van der Waals surface area (Å²) in [5.74, 6) is -2.33. The molecule has 2 N–H and O–H groups in total. The van der Waals surface area contributed by atoms with Crippen molar-refractivity contribution in [3.05, 3.63) is 35.4 Å². The van der Waals surface area contributed by atoms with Crippen LogP contribution in [0.1, 0.15) is 58.1 Å². The number of nitrogens with zero attached hydrogens (tertiary/aromatic N) is 1. The van der Waals surface area contributed by atoms with Gasteiger partial charge in [0.25, 0.3) is 5.91 Å². The van der Waals surface area contributed by atoms with Crippen LogP contribution in [0.15, 0.2) is 18.2 Å². The first-order chi connectivity index (χ1) is 13.9. The van der Waals surface area contributed by atoms with Crippen LogP contribution in [-0.2, 0) is 14.3 Å². The summed E-state index contributed by atoms with van der Waals surface area (Å²) in [6, 6.07) is 2.02. The topological polar surface area (TPSA) is 95.9 Å².